The van der Waals surface area contributed by atoms with Gasteiger partial charge in [0.25, 0.3) is 5.91 Å². The molecule has 2 heterocycles. The van der Waals surface area contributed by atoms with Gasteiger partial charge in [0.05, 0.1) is 0 Å². The molecule has 1 N–H and O–H groups in total. The summed E-state index contributed by atoms with van der Waals surface area (Å²) < 4.78 is 1.82. The molecule has 3 rings (SSSR count). The van der Waals surface area contributed by atoms with E-state index >= 15 is 0 Å². The van der Waals surface area contributed by atoms with Crippen LogP contribution in [0.2, 0.25) is 5.02 Å². The molecule has 3 aromatic rings. The van der Waals surface area contributed by atoms with E-state index in [1.807, 2.05) is 29.0 Å². The van der Waals surface area contributed by atoms with Crippen LogP contribution >= 0.6 is 22.9 Å². The van der Waals surface area contributed by atoms with E-state index in [2.05, 4.69) is 10.3 Å². The highest BCUT2D eigenvalue weighted by Gasteiger charge is 2.12. The zero-order valence-electron chi connectivity index (χ0n) is 10.1. The van der Waals surface area contributed by atoms with E-state index in [1.165, 1.54) is 11.3 Å². The first-order valence-corrected chi connectivity index (χ1v) is 6.89. The van der Waals surface area contributed by atoms with E-state index in [1.54, 1.807) is 18.3 Å². The molecular weight excluding hydrogens is 282 g/mol. The predicted molar refractivity (Wildman–Crippen MR) is 77.2 cm³/mol. The van der Waals surface area contributed by atoms with E-state index in [0.717, 1.165) is 10.5 Å². The Morgan fingerprint density at radius 2 is 2.32 bits per heavy atom. The molecule has 6 heteroatoms. The molecule has 0 aliphatic rings. The van der Waals surface area contributed by atoms with Crippen molar-refractivity contribution < 1.29 is 4.79 Å². The van der Waals surface area contributed by atoms with E-state index in [4.69, 9.17) is 11.6 Å². The fourth-order valence-electron chi connectivity index (χ4n) is 1.75. The first-order chi connectivity index (χ1) is 9.13. The summed E-state index contributed by atoms with van der Waals surface area (Å²) in [6.07, 6.45) is 3.58. The van der Waals surface area contributed by atoms with Gasteiger partial charge in [0, 0.05) is 28.5 Å². The maximum absolute atomic E-state index is 12.1. The summed E-state index contributed by atoms with van der Waals surface area (Å²) in [7, 11) is 0. The summed E-state index contributed by atoms with van der Waals surface area (Å²) in [4.78, 5) is 17.2. The highest BCUT2D eigenvalue weighted by molar-refractivity contribution is 7.15. The third-order valence-electron chi connectivity index (χ3n) is 2.77. The third kappa shape index (κ3) is 2.34. The lowest BCUT2D eigenvalue weighted by molar-refractivity contribution is 0.102. The number of imidazole rings is 1. The van der Waals surface area contributed by atoms with Crippen LogP contribution in [0.25, 0.3) is 4.96 Å². The molecule has 0 saturated heterocycles. The number of rotatable bonds is 2. The molecule has 0 unspecified atom stereocenters. The second kappa shape index (κ2) is 4.68. The van der Waals surface area contributed by atoms with Crippen LogP contribution in [0.5, 0.6) is 0 Å². The number of carbonyl (C=O) groups is 1. The minimum atomic E-state index is -0.235. The Balaban J connectivity index is 1.88. The lowest BCUT2D eigenvalue weighted by atomic mass is 10.2. The van der Waals surface area contributed by atoms with Crippen LogP contribution < -0.4 is 5.32 Å². The van der Waals surface area contributed by atoms with Crippen LogP contribution in [0, 0.1) is 6.92 Å². The molecule has 0 spiro atoms. The molecule has 19 heavy (non-hydrogen) atoms. The van der Waals surface area contributed by atoms with E-state index in [0.29, 0.717) is 16.4 Å². The Morgan fingerprint density at radius 1 is 1.47 bits per heavy atom. The zero-order chi connectivity index (χ0) is 13.4. The number of hydrogen-bond acceptors (Lipinski definition) is 3. The number of amides is 1. The topological polar surface area (TPSA) is 46.4 Å². The molecule has 0 saturated carbocycles. The summed E-state index contributed by atoms with van der Waals surface area (Å²) >= 11 is 7.41. The van der Waals surface area contributed by atoms with Gasteiger partial charge in [-0.15, -0.1) is 11.3 Å². The molecular formula is C13H10ClN3OS. The molecule has 0 aliphatic carbocycles. The number of benzene rings is 1. The van der Waals surface area contributed by atoms with Crippen LogP contribution in [-0.4, -0.2) is 15.3 Å². The van der Waals surface area contributed by atoms with Crippen molar-refractivity contribution in [3.8, 4) is 0 Å². The standard InChI is InChI=1S/C13H10ClN3OS/c1-8-2-3-9(14)6-10(8)15-12(18)11-7-17-4-5-19-13(17)16-11/h2-7H,1H3,(H,15,18). The van der Waals surface area contributed by atoms with Gasteiger partial charge in [0.15, 0.2) is 4.96 Å². The number of aromatic nitrogens is 2. The van der Waals surface area contributed by atoms with E-state index in [-0.39, 0.29) is 5.91 Å². The average Bonchev–Trinajstić information content (AvgIpc) is 2.94. The molecule has 1 aromatic carbocycles. The fourth-order valence-corrected chi connectivity index (χ4v) is 2.62. The largest absolute Gasteiger partial charge is 0.320 e. The number of nitrogens with zero attached hydrogens (tertiary/aromatic N) is 2. The molecule has 1 amide bonds. The van der Waals surface area contributed by atoms with Gasteiger partial charge in [-0.25, -0.2) is 4.98 Å². The molecule has 0 radical (unpaired) electrons. The number of hydrogen-bond donors (Lipinski definition) is 1. The number of anilines is 1. The Hall–Kier alpha value is -1.85. The fraction of sp³-hybridized carbons (Fsp3) is 0.0769. The number of nitrogens with one attached hydrogen (secondary N) is 1. The van der Waals surface area contributed by atoms with Crippen LogP contribution in [0.15, 0.2) is 36.0 Å². The summed E-state index contributed by atoms with van der Waals surface area (Å²) in [6, 6.07) is 5.38. The number of fused-ring (bicyclic) bond motifs is 1. The van der Waals surface area contributed by atoms with Crippen LogP contribution in [0.3, 0.4) is 0 Å². The van der Waals surface area contributed by atoms with Crippen molar-refractivity contribution in [1.82, 2.24) is 9.38 Å². The van der Waals surface area contributed by atoms with Crippen LogP contribution in [0.4, 0.5) is 5.69 Å². The van der Waals surface area contributed by atoms with Crippen molar-refractivity contribution in [1.29, 1.82) is 0 Å². The Bertz CT molecular complexity index is 734. The zero-order valence-corrected chi connectivity index (χ0v) is 11.6. The normalized spacial score (nSPS) is 10.8. The van der Waals surface area contributed by atoms with Crippen LogP contribution in [0.1, 0.15) is 16.1 Å². The Morgan fingerprint density at radius 3 is 3.11 bits per heavy atom. The SMILES string of the molecule is Cc1ccc(Cl)cc1NC(=O)c1cn2ccsc2n1. The summed E-state index contributed by atoms with van der Waals surface area (Å²) in [6.45, 7) is 1.91. The summed E-state index contributed by atoms with van der Waals surface area (Å²) in [5.41, 5.74) is 2.05. The summed E-state index contributed by atoms with van der Waals surface area (Å²) in [5, 5.41) is 5.33. The minimum absolute atomic E-state index is 0.235. The first kappa shape index (κ1) is 12.2. The van der Waals surface area contributed by atoms with Crippen molar-refractivity contribution in [3.05, 3.63) is 52.3 Å². The molecule has 4 nitrogen and oxygen atoms in total. The van der Waals surface area contributed by atoms with Gasteiger partial charge in [-0.2, -0.15) is 0 Å². The van der Waals surface area contributed by atoms with Gasteiger partial charge in [-0.05, 0) is 24.6 Å². The Labute approximate surface area is 118 Å². The van der Waals surface area contributed by atoms with Crippen molar-refractivity contribution in [3.63, 3.8) is 0 Å². The number of carbonyl (C=O) groups excluding carboxylic acids is 1. The van der Waals surface area contributed by atoms with Gasteiger partial charge in [0.1, 0.15) is 5.69 Å². The second-order valence-electron chi connectivity index (χ2n) is 4.13. The third-order valence-corrected chi connectivity index (χ3v) is 3.78. The molecule has 0 atom stereocenters. The Kier molecular flexibility index (Phi) is 3.00. The molecule has 2 aromatic heterocycles. The average molecular weight is 292 g/mol. The van der Waals surface area contributed by atoms with Gasteiger partial charge in [0.2, 0.25) is 0 Å². The number of halogens is 1. The summed E-state index contributed by atoms with van der Waals surface area (Å²) in [5.74, 6) is -0.235. The molecule has 96 valence electrons. The molecule has 0 fully saturated rings. The van der Waals surface area contributed by atoms with E-state index < -0.39 is 0 Å². The highest BCUT2D eigenvalue weighted by Crippen LogP contribution is 2.21. The van der Waals surface area contributed by atoms with Crippen molar-refractivity contribution in [2.24, 2.45) is 0 Å². The van der Waals surface area contributed by atoms with Gasteiger partial charge < -0.3 is 5.32 Å². The maximum Gasteiger partial charge on any atom is 0.275 e. The molecule has 0 bridgehead atoms. The maximum atomic E-state index is 12.1. The van der Waals surface area contributed by atoms with Crippen LogP contribution in [-0.2, 0) is 0 Å². The lowest BCUT2D eigenvalue weighted by Gasteiger charge is -2.07. The van der Waals surface area contributed by atoms with Gasteiger partial charge in [-0.1, -0.05) is 17.7 Å². The smallest absolute Gasteiger partial charge is 0.275 e. The quantitative estimate of drug-likeness (QED) is 0.784. The number of thiazole rings is 1. The molecule has 0 aliphatic heterocycles. The predicted octanol–water partition coefficient (Wildman–Crippen LogP) is 3.61. The van der Waals surface area contributed by atoms with Crippen molar-refractivity contribution in [2.45, 2.75) is 6.92 Å². The van der Waals surface area contributed by atoms with Crippen molar-refractivity contribution >= 4 is 39.5 Å². The van der Waals surface area contributed by atoms with Gasteiger partial charge in [-0.3, -0.25) is 9.20 Å². The minimum Gasteiger partial charge on any atom is -0.320 e. The second-order valence-corrected chi connectivity index (χ2v) is 5.44. The van der Waals surface area contributed by atoms with E-state index in [9.17, 15) is 4.79 Å². The highest BCUT2D eigenvalue weighted by atomic mass is 35.5. The first-order valence-electron chi connectivity index (χ1n) is 5.63. The van der Waals surface area contributed by atoms with Crippen molar-refractivity contribution in [2.75, 3.05) is 5.32 Å². The lowest BCUT2D eigenvalue weighted by Crippen LogP contribution is -2.13. The van der Waals surface area contributed by atoms with Gasteiger partial charge >= 0.3 is 0 Å². The monoisotopic (exact) mass is 291 g/mol. The number of aryl methyl sites for hydroxylation is 1.